The van der Waals surface area contributed by atoms with Gasteiger partial charge in [0.25, 0.3) is 0 Å². The predicted molar refractivity (Wildman–Crippen MR) is 108 cm³/mol. The van der Waals surface area contributed by atoms with Crippen LogP contribution in [0.25, 0.3) is 0 Å². The van der Waals surface area contributed by atoms with Crippen molar-refractivity contribution in [2.45, 2.75) is 45.8 Å². The van der Waals surface area contributed by atoms with E-state index in [-0.39, 0.29) is 18.1 Å². The van der Waals surface area contributed by atoms with E-state index in [1.54, 1.807) is 19.5 Å². The first kappa shape index (κ1) is 21.4. The van der Waals surface area contributed by atoms with Crippen molar-refractivity contribution in [3.05, 3.63) is 53.3 Å². The fourth-order valence-electron chi connectivity index (χ4n) is 2.63. The van der Waals surface area contributed by atoms with Crippen LogP contribution in [0.2, 0.25) is 0 Å². The highest BCUT2D eigenvalue weighted by Crippen LogP contribution is 2.09. The lowest BCUT2D eigenvalue weighted by atomic mass is 10.1. The lowest BCUT2D eigenvalue weighted by Gasteiger charge is -2.14. The normalized spacial score (nSPS) is 12.4. The standard InChI is InChI=1S/C22H27N3O3/c1-5-21(15-27-4)28-22-23-13-20(14-24-22)11-8-18-6-9-19(10-7-18)12-16(2)25-17(3)26/h6-7,9-10,13-14,16,21H,5,12,15H2,1-4H3,(H,25,26). The summed E-state index contributed by atoms with van der Waals surface area (Å²) in [5, 5.41) is 2.88. The van der Waals surface area contributed by atoms with Crippen molar-refractivity contribution in [3.8, 4) is 17.9 Å². The molecule has 0 aliphatic carbocycles. The first-order chi connectivity index (χ1) is 13.5. The Kier molecular flexibility index (Phi) is 8.44. The van der Waals surface area contributed by atoms with Crippen LogP contribution in [-0.2, 0) is 16.0 Å². The average molecular weight is 381 g/mol. The topological polar surface area (TPSA) is 73.3 Å². The van der Waals surface area contributed by atoms with E-state index in [9.17, 15) is 4.79 Å². The zero-order valence-corrected chi connectivity index (χ0v) is 16.9. The number of hydrogen-bond donors (Lipinski definition) is 1. The first-order valence-electron chi connectivity index (χ1n) is 9.35. The summed E-state index contributed by atoms with van der Waals surface area (Å²) < 4.78 is 10.8. The second-order valence-electron chi connectivity index (χ2n) is 6.61. The molecule has 28 heavy (non-hydrogen) atoms. The van der Waals surface area contributed by atoms with E-state index in [4.69, 9.17) is 9.47 Å². The molecule has 148 valence electrons. The van der Waals surface area contributed by atoms with Crippen LogP contribution in [0.3, 0.4) is 0 Å². The second kappa shape index (κ2) is 11.1. The number of ether oxygens (including phenoxy) is 2. The van der Waals surface area contributed by atoms with Crippen LogP contribution in [0.15, 0.2) is 36.7 Å². The van der Waals surface area contributed by atoms with Gasteiger partial charge in [-0.2, -0.15) is 0 Å². The summed E-state index contributed by atoms with van der Waals surface area (Å²) in [6.45, 7) is 6.04. The van der Waals surface area contributed by atoms with Gasteiger partial charge in [0.2, 0.25) is 5.91 Å². The number of carbonyl (C=O) groups is 1. The van der Waals surface area contributed by atoms with Crippen molar-refractivity contribution < 1.29 is 14.3 Å². The van der Waals surface area contributed by atoms with Crippen molar-refractivity contribution in [3.63, 3.8) is 0 Å². The number of methoxy groups -OCH3 is 1. The maximum Gasteiger partial charge on any atom is 0.316 e. The van der Waals surface area contributed by atoms with Gasteiger partial charge in [-0.15, -0.1) is 0 Å². The predicted octanol–water partition coefficient (Wildman–Crippen LogP) is 2.75. The monoisotopic (exact) mass is 381 g/mol. The van der Waals surface area contributed by atoms with E-state index >= 15 is 0 Å². The molecule has 2 atom stereocenters. The molecule has 6 heteroatoms. The molecule has 2 aromatic rings. The molecule has 1 N–H and O–H groups in total. The fraction of sp³-hybridized carbons (Fsp3) is 0.409. The molecule has 0 saturated heterocycles. The van der Waals surface area contributed by atoms with Crippen molar-refractivity contribution in [2.24, 2.45) is 0 Å². The van der Waals surface area contributed by atoms with E-state index in [0.29, 0.717) is 12.6 Å². The molecule has 2 unspecified atom stereocenters. The smallest absolute Gasteiger partial charge is 0.316 e. The van der Waals surface area contributed by atoms with Crippen molar-refractivity contribution in [1.29, 1.82) is 0 Å². The summed E-state index contributed by atoms with van der Waals surface area (Å²) in [5.74, 6) is 6.14. The molecule has 2 rings (SSSR count). The molecular weight excluding hydrogens is 354 g/mol. The Hall–Kier alpha value is -2.91. The number of amides is 1. The number of nitrogens with one attached hydrogen (secondary N) is 1. The number of hydrogen-bond acceptors (Lipinski definition) is 5. The zero-order chi connectivity index (χ0) is 20.4. The molecular formula is C22H27N3O3. The Labute approximate surface area is 166 Å². The van der Waals surface area contributed by atoms with E-state index in [0.717, 1.165) is 29.5 Å². The summed E-state index contributed by atoms with van der Waals surface area (Å²) in [5.41, 5.74) is 2.77. The number of aromatic nitrogens is 2. The molecule has 0 bridgehead atoms. The van der Waals surface area contributed by atoms with Gasteiger partial charge in [0.05, 0.1) is 12.2 Å². The maximum atomic E-state index is 11.1. The minimum atomic E-state index is -0.0613. The van der Waals surface area contributed by atoms with Crippen LogP contribution in [0.5, 0.6) is 6.01 Å². The van der Waals surface area contributed by atoms with Crippen LogP contribution in [0.1, 0.15) is 43.9 Å². The van der Waals surface area contributed by atoms with Crippen LogP contribution in [0.4, 0.5) is 0 Å². The minimum absolute atomic E-state index is 0.0162. The summed E-state index contributed by atoms with van der Waals surface area (Å²) in [4.78, 5) is 19.5. The third kappa shape index (κ3) is 7.37. The van der Waals surface area contributed by atoms with Crippen LogP contribution in [-0.4, -0.2) is 41.7 Å². The van der Waals surface area contributed by atoms with Gasteiger partial charge in [-0.05, 0) is 37.5 Å². The first-order valence-corrected chi connectivity index (χ1v) is 9.35. The van der Waals surface area contributed by atoms with Crippen molar-refractivity contribution >= 4 is 5.91 Å². The van der Waals surface area contributed by atoms with Gasteiger partial charge >= 0.3 is 6.01 Å². The lowest BCUT2D eigenvalue weighted by Crippen LogP contribution is -2.31. The highest BCUT2D eigenvalue weighted by atomic mass is 16.5. The van der Waals surface area contributed by atoms with Crippen LogP contribution < -0.4 is 10.1 Å². The minimum Gasteiger partial charge on any atom is -0.458 e. The third-order valence-electron chi connectivity index (χ3n) is 4.00. The molecule has 0 fully saturated rings. The summed E-state index contributed by atoms with van der Waals surface area (Å²) >= 11 is 0. The quantitative estimate of drug-likeness (QED) is 0.712. The van der Waals surface area contributed by atoms with E-state index < -0.39 is 0 Å². The van der Waals surface area contributed by atoms with Gasteiger partial charge in [-0.3, -0.25) is 4.79 Å². The lowest BCUT2D eigenvalue weighted by molar-refractivity contribution is -0.119. The Morgan fingerprint density at radius 3 is 2.36 bits per heavy atom. The van der Waals surface area contributed by atoms with E-state index in [1.807, 2.05) is 38.1 Å². The molecule has 1 heterocycles. The Balaban J connectivity index is 1.94. The van der Waals surface area contributed by atoms with Gasteiger partial charge < -0.3 is 14.8 Å². The molecule has 0 radical (unpaired) electrons. The van der Waals surface area contributed by atoms with Gasteiger partial charge in [0.15, 0.2) is 0 Å². The zero-order valence-electron chi connectivity index (χ0n) is 16.9. The van der Waals surface area contributed by atoms with Gasteiger partial charge in [-0.25, -0.2) is 9.97 Å². The highest BCUT2D eigenvalue weighted by Gasteiger charge is 2.09. The van der Waals surface area contributed by atoms with Gasteiger partial charge in [-0.1, -0.05) is 30.9 Å². The number of benzene rings is 1. The number of carbonyl (C=O) groups excluding carboxylic acids is 1. The summed E-state index contributed by atoms with van der Waals surface area (Å²) in [6, 6.07) is 8.41. The molecule has 1 aromatic carbocycles. The van der Waals surface area contributed by atoms with Gasteiger partial charge in [0, 0.05) is 38.0 Å². The fourth-order valence-corrected chi connectivity index (χ4v) is 2.63. The molecule has 0 spiro atoms. The molecule has 1 amide bonds. The number of rotatable bonds is 8. The van der Waals surface area contributed by atoms with E-state index in [2.05, 4.69) is 27.1 Å². The molecule has 0 saturated carbocycles. The third-order valence-corrected chi connectivity index (χ3v) is 4.00. The Morgan fingerprint density at radius 1 is 1.14 bits per heavy atom. The highest BCUT2D eigenvalue weighted by molar-refractivity contribution is 5.73. The molecule has 0 aliphatic rings. The SMILES string of the molecule is CCC(COC)Oc1ncc(C#Cc2ccc(CC(C)NC(C)=O)cc2)cn1. The van der Waals surface area contributed by atoms with Crippen molar-refractivity contribution in [1.82, 2.24) is 15.3 Å². The van der Waals surface area contributed by atoms with E-state index in [1.165, 1.54) is 6.92 Å². The molecule has 6 nitrogen and oxygen atoms in total. The summed E-state index contributed by atoms with van der Waals surface area (Å²) in [6.07, 6.45) is 4.84. The second-order valence-corrected chi connectivity index (χ2v) is 6.61. The summed E-state index contributed by atoms with van der Waals surface area (Å²) in [7, 11) is 1.64. The number of nitrogens with zero attached hydrogens (tertiary/aromatic N) is 2. The van der Waals surface area contributed by atoms with Crippen LogP contribution >= 0.6 is 0 Å². The van der Waals surface area contributed by atoms with Gasteiger partial charge in [0.1, 0.15) is 6.10 Å². The Morgan fingerprint density at radius 2 is 1.79 bits per heavy atom. The van der Waals surface area contributed by atoms with Crippen LogP contribution in [0, 0.1) is 11.8 Å². The average Bonchev–Trinajstić information content (AvgIpc) is 2.67. The Bertz CT molecular complexity index is 808. The molecule has 1 aromatic heterocycles. The van der Waals surface area contributed by atoms with Crippen molar-refractivity contribution in [2.75, 3.05) is 13.7 Å². The maximum absolute atomic E-state index is 11.1. The molecule has 0 aliphatic heterocycles. The largest absolute Gasteiger partial charge is 0.458 e.